The Morgan fingerprint density at radius 1 is 0.727 bits per heavy atom. The third-order valence-electron chi connectivity index (χ3n) is 9.59. The Bertz CT molecular complexity index is 1560. The summed E-state index contributed by atoms with van der Waals surface area (Å²) in [6.07, 6.45) is 0. The van der Waals surface area contributed by atoms with Crippen LogP contribution in [0.4, 0.5) is 11.4 Å². The van der Waals surface area contributed by atoms with Crippen molar-refractivity contribution in [2.45, 2.75) is 38.9 Å². The first-order valence-corrected chi connectivity index (χ1v) is 15.6. The van der Waals surface area contributed by atoms with Gasteiger partial charge in [0.1, 0.15) is 11.5 Å². The van der Waals surface area contributed by atoms with Gasteiger partial charge in [-0.2, -0.15) is 0 Å². The molecule has 0 radical (unpaired) electrons. The number of alkyl halides is 1. The normalized spacial score (nSPS) is 30.6. The highest BCUT2D eigenvalue weighted by atomic mass is 79.9. The van der Waals surface area contributed by atoms with E-state index in [9.17, 15) is 24.0 Å². The number of esters is 1. The average molecular weight is 666 g/mol. The van der Waals surface area contributed by atoms with Gasteiger partial charge >= 0.3 is 5.97 Å². The van der Waals surface area contributed by atoms with Crippen molar-refractivity contribution >= 4 is 56.9 Å². The lowest BCUT2D eigenvalue weighted by Gasteiger charge is -2.59. The summed E-state index contributed by atoms with van der Waals surface area (Å²) in [4.78, 5) is 74.1. The molecular weight excluding hydrogens is 632 g/mol. The molecule has 2 heterocycles. The molecule has 2 bridgehead atoms. The number of ether oxygens (including phenoxy) is 3. The second kappa shape index (κ2) is 10.6. The lowest BCUT2D eigenvalue weighted by atomic mass is 9.43. The van der Waals surface area contributed by atoms with Gasteiger partial charge in [0.15, 0.2) is 0 Å². The highest BCUT2D eigenvalue weighted by Crippen LogP contribution is 2.73. The maximum Gasteiger partial charge on any atom is 0.334 e. The minimum Gasteiger partial charge on any atom is -0.492 e. The van der Waals surface area contributed by atoms with Crippen LogP contribution in [0.2, 0.25) is 0 Å². The zero-order valence-corrected chi connectivity index (χ0v) is 26.7. The number of amides is 4. The van der Waals surface area contributed by atoms with E-state index in [1.165, 1.54) is 0 Å². The molecule has 3 aliphatic carbocycles. The number of hydrogen-bond donors (Lipinski definition) is 0. The number of rotatable bonds is 8. The topological polar surface area (TPSA) is 120 Å². The van der Waals surface area contributed by atoms with Crippen LogP contribution in [0.25, 0.3) is 0 Å². The van der Waals surface area contributed by atoms with Gasteiger partial charge < -0.3 is 14.2 Å². The van der Waals surface area contributed by atoms with Crippen LogP contribution in [0.5, 0.6) is 11.5 Å². The Kier molecular flexibility index (Phi) is 7.22. The third kappa shape index (κ3) is 3.68. The molecule has 7 rings (SSSR count). The summed E-state index contributed by atoms with van der Waals surface area (Å²) in [6.45, 7) is 9.26. The fourth-order valence-corrected chi connectivity index (χ4v) is 9.16. The van der Waals surface area contributed by atoms with E-state index in [0.717, 1.165) is 9.80 Å². The van der Waals surface area contributed by atoms with Crippen molar-refractivity contribution < 1.29 is 38.2 Å². The zero-order chi connectivity index (χ0) is 31.7. The summed E-state index contributed by atoms with van der Waals surface area (Å²) in [5.74, 6) is -6.68. The first-order valence-electron chi connectivity index (χ1n) is 14.8. The molecular formula is C33H33BrN2O8. The molecule has 4 amide bonds. The highest BCUT2D eigenvalue weighted by molar-refractivity contribution is 9.10. The molecule has 230 valence electrons. The van der Waals surface area contributed by atoms with E-state index in [1.54, 1.807) is 83.1 Å². The fraction of sp³-hybridized carbons (Fsp3) is 0.424. The van der Waals surface area contributed by atoms with Crippen LogP contribution in [0.1, 0.15) is 34.6 Å². The van der Waals surface area contributed by atoms with E-state index in [2.05, 4.69) is 15.9 Å². The smallest absolute Gasteiger partial charge is 0.334 e. The molecule has 4 unspecified atom stereocenters. The standard InChI is InChI=1S/C33H33BrN2O8/c1-6-42-20-15-11-9-13-18(20)35-27(37)23-25(29(35)39)33(34)17(4)22(31(41)44-8-3)32(23,5)24-26(33)30(40)36(28(24)38)19-14-10-12-16-21(19)43-7-2/h9-16,23-26H,6-8H2,1-5H3. The SMILES string of the molecule is CCOC(=O)C1=C(C)C2(Br)C3C(=O)N(c4ccccc4OCC)C(=O)C3C1(C)C1C(=O)N(c3ccccc3OCC)C(=O)C12. The Morgan fingerprint density at radius 2 is 1.14 bits per heavy atom. The van der Waals surface area contributed by atoms with E-state index in [1.807, 2.05) is 0 Å². The first-order chi connectivity index (χ1) is 21.0. The monoisotopic (exact) mass is 664 g/mol. The van der Waals surface area contributed by atoms with Gasteiger partial charge in [-0.15, -0.1) is 0 Å². The minimum absolute atomic E-state index is 0.0602. The van der Waals surface area contributed by atoms with Crippen LogP contribution in [-0.4, -0.2) is 53.7 Å². The van der Waals surface area contributed by atoms with Gasteiger partial charge in [-0.1, -0.05) is 47.1 Å². The molecule has 4 atom stereocenters. The van der Waals surface area contributed by atoms with Gasteiger partial charge in [0.05, 0.1) is 59.2 Å². The van der Waals surface area contributed by atoms with Crippen molar-refractivity contribution in [3.05, 3.63) is 59.7 Å². The molecule has 0 aromatic heterocycles. The molecule has 2 aromatic rings. The third-order valence-corrected chi connectivity index (χ3v) is 11.2. The van der Waals surface area contributed by atoms with Crippen molar-refractivity contribution in [3.8, 4) is 11.5 Å². The summed E-state index contributed by atoms with van der Waals surface area (Å²) in [7, 11) is 0. The number of para-hydroxylation sites is 4. The minimum atomic E-state index is -1.55. The molecule has 44 heavy (non-hydrogen) atoms. The molecule has 2 saturated heterocycles. The second-order valence-corrected chi connectivity index (χ2v) is 12.8. The summed E-state index contributed by atoms with van der Waals surface area (Å²) < 4.78 is 15.5. The van der Waals surface area contributed by atoms with E-state index >= 15 is 0 Å². The maximum absolute atomic E-state index is 14.6. The van der Waals surface area contributed by atoms with Crippen LogP contribution < -0.4 is 19.3 Å². The Hall–Kier alpha value is -3.99. The number of anilines is 2. The number of carbonyl (C=O) groups is 5. The molecule has 11 heteroatoms. The lowest BCUT2D eigenvalue weighted by molar-refractivity contribution is -0.152. The maximum atomic E-state index is 14.6. The van der Waals surface area contributed by atoms with Crippen molar-refractivity contribution in [3.63, 3.8) is 0 Å². The van der Waals surface area contributed by atoms with Gasteiger partial charge in [-0.3, -0.25) is 19.2 Å². The van der Waals surface area contributed by atoms with Gasteiger partial charge in [0.25, 0.3) is 0 Å². The van der Waals surface area contributed by atoms with Crippen LogP contribution >= 0.6 is 15.9 Å². The molecule has 3 fully saturated rings. The Morgan fingerprint density at radius 3 is 1.55 bits per heavy atom. The van der Waals surface area contributed by atoms with Gasteiger partial charge in [-0.25, -0.2) is 14.6 Å². The van der Waals surface area contributed by atoms with Crippen LogP contribution in [0.15, 0.2) is 59.7 Å². The Labute approximate surface area is 263 Å². The van der Waals surface area contributed by atoms with E-state index in [-0.39, 0.29) is 23.6 Å². The van der Waals surface area contributed by atoms with E-state index in [4.69, 9.17) is 14.2 Å². The molecule has 0 N–H and O–H groups in total. The van der Waals surface area contributed by atoms with Gasteiger partial charge in [0, 0.05) is 11.0 Å². The predicted molar refractivity (Wildman–Crippen MR) is 163 cm³/mol. The van der Waals surface area contributed by atoms with E-state index in [0.29, 0.717) is 30.3 Å². The number of benzene rings is 2. The first kappa shape index (κ1) is 30.1. The lowest BCUT2D eigenvalue weighted by Crippen LogP contribution is -2.67. The van der Waals surface area contributed by atoms with Crippen LogP contribution in [0, 0.1) is 29.1 Å². The summed E-state index contributed by atoms with van der Waals surface area (Å²) >= 11 is 3.80. The number of imide groups is 2. The summed E-state index contributed by atoms with van der Waals surface area (Å²) in [5, 5.41) is 0. The van der Waals surface area contributed by atoms with Crippen molar-refractivity contribution in [2.75, 3.05) is 29.6 Å². The quantitative estimate of drug-likeness (QED) is 0.231. The summed E-state index contributed by atoms with van der Waals surface area (Å²) in [5.41, 5.74) is -0.471. The molecule has 2 aromatic carbocycles. The molecule has 10 nitrogen and oxygen atoms in total. The van der Waals surface area contributed by atoms with Crippen LogP contribution in [0.3, 0.4) is 0 Å². The number of hydrogen-bond acceptors (Lipinski definition) is 8. The highest BCUT2D eigenvalue weighted by Gasteiger charge is 2.82. The van der Waals surface area contributed by atoms with Crippen molar-refractivity contribution in [1.82, 2.24) is 0 Å². The zero-order valence-electron chi connectivity index (χ0n) is 25.1. The van der Waals surface area contributed by atoms with Crippen LogP contribution in [-0.2, 0) is 28.7 Å². The van der Waals surface area contributed by atoms with Gasteiger partial charge in [0.2, 0.25) is 23.6 Å². The molecule has 1 saturated carbocycles. The number of halogens is 1. The fourth-order valence-electron chi connectivity index (χ4n) is 8.04. The predicted octanol–water partition coefficient (Wildman–Crippen LogP) is 4.44. The van der Waals surface area contributed by atoms with Crippen molar-refractivity contribution in [1.29, 1.82) is 0 Å². The number of allylic oxidation sites excluding steroid dienone is 1. The second-order valence-electron chi connectivity index (χ2n) is 11.5. The van der Waals surface area contributed by atoms with E-state index < -0.39 is 63.0 Å². The molecule has 0 spiro atoms. The number of carbonyl (C=O) groups excluding carboxylic acids is 5. The van der Waals surface area contributed by atoms with Crippen molar-refractivity contribution in [2.24, 2.45) is 29.1 Å². The van der Waals surface area contributed by atoms with Gasteiger partial charge in [-0.05, 0) is 57.5 Å². The average Bonchev–Trinajstić information content (AvgIpc) is 3.43. The summed E-state index contributed by atoms with van der Waals surface area (Å²) in [6, 6.07) is 13.5. The molecule has 5 aliphatic rings. The molecule has 2 aliphatic heterocycles. The largest absolute Gasteiger partial charge is 0.492 e. The Balaban J connectivity index is 1.58. The number of nitrogens with zero attached hydrogens (tertiary/aromatic N) is 2.